The van der Waals surface area contributed by atoms with Crippen molar-refractivity contribution in [2.45, 2.75) is 6.92 Å². The first-order valence-electron chi connectivity index (χ1n) is 8.56. The Morgan fingerprint density at radius 2 is 1.96 bits per heavy atom. The van der Waals surface area contributed by atoms with Crippen LogP contribution in [0.5, 0.6) is 5.75 Å². The van der Waals surface area contributed by atoms with Gasteiger partial charge in [0.25, 0.3) is 0 Å². The number of aryl methyl sites for hydroxylation is 1. The first kappa shape index (κ1) is 17.5. The second kappa shape index (κ2) is 7.00. The van der Waals surface area contributed by atoms with Crippen LogP contribution in [0.15, 0.2) is 70.1 Å². The van der Waals surface area contributed by atoms with Crippen LogP contribution in [0.4, 0.5) is 5.69 Å². The van der Waals surface area contributed by atoms with Crippen LogP contribution < -0.4 is 5.11 Å². The smallest absolute Gasteiger partial charge is 0.335 e. The topological polar surface area (TPSA) is 98.8 Å². The summed E-state index contributed by atoms with van der Waals surface area (Å²) < 4.78 is 5.84. The van der Waals surface area contributed by atoms with Gasteiger partial charge < -0.3 is 14.6 Å². The fourth-order valence-corrected chi connectivity index (χ4v) is 2.85. The van der Waals surface area contributed by atoms with Gasteiger partial charge in [-0.25, -0.2) is 9.78 Å². The van der Waals surface area contributed by atoms with Crippen molar-refractivity contribution in [3.05, 3.63) is 77.4 Å². The van der Waals surface area contributed by atoms with Gasteiger partial charge in [0.2, 0.25) is 5.89 Å². The Balaban J connectivity index is 1.67. The van der Waals surface area contributed by atoms with Gasteiger partial charge in [-0.05, 0) is 54.4 Å². The molecule has 0 bridgehead atoms. The molecule has 1 aromatic heterocycles. The highest BCUT2D eigenvalue weighted by molar-refractivity contribution is 5.93. The molecule has 0 radical (unpaired) electrons. The number of oxazole rings is 1. The van der Waals surface area contributed by atoms with Crippen molar-refractivity contribution in [3.63, 3.8) is 0 Å². The van der Waals surface area contributed by atoms with E-state index >= 15 is 0 Å². The Labute approximate surface area is 160 Å². The summed E-state index contributed by atoms with van der Waals surface area (Å²) in [6, 6.07) is 16.9. The number of aliphatic imine (C=N–C) groups is 1. The molecular formula is C22H15N2O4-. The van der Waals surface area contributed by atoms with E-state index in [1.807, 2.05) is 31.2 Å². The molecule has 0 aliphatic heterocycles. The van der Waals surface area contributed by atoms with E-state index in [0.717, 1.165) is 11.1 Å². The lowest BCUT2D eigenvalue weighted by molar-refractivity contribution is -0.268. The van der Waals surface area contributed by atoms with Gasteiger partial charge in [-0.1, -0.05) is 24.3 Å². The summed E-state index contributed by atoms with van der Waals surface area (Å²) in [5.41, 5.74) is 4.09. The minimum absolute atomic E-state index is 0.0378. The van der Waals surface area contributed by atoms with Crippen LogP contribution in [-0.2, 0) is 0 Å². The molecule has 0 spiro atoms. The number of fused-ring (bicyclic) bond motifs is 1. The quantitative estimate of drug-likeness (QED) is 0.539. The van der Waals surface area contributed by atoms with Crippen molar-refractivity contribution in [3.8, 4) is 17.2 Å². The molecule has 0 unspecified atom stereocenters. The van der Waals surface area contributed by atoms with Crippen molar-refractivity contribution in [2.24, 2.45) is 4.99 Å². The molecule has 1 heterocycles. The zero-order chi connectivity index (χ0) is 19.7. The second-order valence-corrected chi connectivity index (χ2v) is 6.30. The second-order valence-electron chi connectivity index (χ2n) is 6.30. The number of aromatic nitrogens is 1. The van der Waals surface area contributed by atoms with E-state index in [1.54, 1.807) is 18.2 Å². The third-order valence-electron chi connectivity index (χ3n) is 4.36. The van der Waals surface area contributed by atoms with Crippen molar-refractivity contribution in [2.75, 3.05) is 0 Å². The maximum Gasteiger partial charge on any atom is 0.335 e. The van der Waals surface area contributed by atoms with E-state index in [2.05, 4.69) is 9.98 Å². The van der Waals surface area contributed by atoms with Crippen LogP contribution in [0, 0.1) is 6.92 Å². The first-order chi connectivity index (χ1) is 13.5. The van der Waals surface area contributed by atoms with Gasteiger partial charge >= 0.3 is 5.97 Å². The molecule has 0 saturated carbocycles. The number of benzene rings is 3. The van der Waals surface area contributed by atoms with E-state index < -0.39 is 5.97 Å². The molecule has 4 aromatic rings. The maximum atomic E-state index is 11.9. The van der Waals surface area contributed by atoms with Crippen LogP contribution in [0.2, 0.25) is 0 Å². The van der Waals surface area contributed by atoms with Crippen molar-refractivity contribution in [1.82, 2.24) is 4.98 Å². The molecule has 28 heavy (non-hydrogen) atoms. The van der Waals surface area contributed by atoms with Gasteiger partial charge in [-0.3, -0.25) is 4.99 Å². The van der Waals surface area contributed by atoms with Gasteiger partial charge in [-0.2, -0.15) is 0 Å². The summed E-state index contributed by atoms with van der Waals surface area (Å²) in [5.74, 6) is -0.856. The van der Waals surface area contributed by atoms with Crippen LogP contribution in [0.25, 0.3) is 22.6 Å². The average molecular weight is 371 g/mol. The van der Waals surface area contributed by atoms with E-state index in [1.165, 1.54) is 24.4 Å². The summed E-state index contributed by atoms with van der Waals surface area (Å²) >= 11 is 0. The monoisotopic (exact) mass is 371 g/mol. The van der Waals surface area contributed by atoms with Gasteiger partial charge in [0.1, 0.15) is 5.52 Å². The number of nitrogens with zero attached hydrogens (tertiary/aromatic N) is 2. The number of aromatic carboxylic acids is 1. The van der Waals surface area contributed by atoms with Crippen molar-refractivity contribution < 1.29 is 19.4 Å². The Morgan fingerprint density at radius 3 is 2.75 bits per heavy atom. The molecule has 1 N–H and O–H groups in total. The molecule has 3 aromatic carbocycles. The van der Waals surface area contributed by atoms with Crippen molar-refractivity contribution >= 4 is 29.0 Å². The van der Waals surface area contributed by atoms with E-state index in [9.17, 15) is 9.90 Å². The third-order valence-corrected chi connectivity index (χ3v) is 4.36. The number of hydrogen-bond donors (Lipinski definition) is 1. The molecule has 0 atom stereocenters. The molecule has 6 nitrogen and oxygen atoms in total. The first-order valence-corrected chi connectivity index (χ1v) is 8.56. The highest BCUT2D eigenvalue weighted by Crippen LogP contribution is 2.29. The Hall–Kier alpha value is -3.93. The minimum atomic E-state index is -1.09. The van der Waals surface area contributed by atoms with E-state index in [0.29, 0.717) is 22.7 Å². The third kappa shape index (κ3) is 3.35. The molecule has 0 amide bonds. The number of carboxylic acids is 1. The summed E-state index contributed by atoms with van der Waals surface area (Å²) in [7, 11) is 0. The van der Waals surface area contributed by atoms with Crippen LogP contribution in [0.1, 0.15) is 21.5 Å². The fraction of sp³-hybridized carbons (Fsp3) is 0.0455. The number of rotatable bonds is 4. The Kier molecular flexibility index (Phi) is 4.37. The molecule has 0 fully saturated rings. The minimum Gasteiger partial charge on any atom is -0.872 e. The number of carbonyl (C=O) groups is 1. The number of carboxylic acid groups (broad SMARTS) is 1. The molecule has 0 aliphatic carbocycles. The summed E-state index contributed by atoms with van der Waals surface area (Å²) in [5, 5.41) is 21.0. The normalized spacial score (nSPS) is 11.3. The van der Waals surface area contributed by atoms with Gasteiger partial charge in [-0.15, -0.1) is 5.75 Å². The highest BCUT2D eigenvalue weighted by Gasteiger charge is 2.10. The zero-order valence-electron chi connectivity index (χ0n) is 14.9. The highest BCUT2D eigenvalue weighted by atomic mass is 16.4. The largest absolute Gasteiger partial charge is 0.872 e. The summed E-state index contributed by atoms with van der Waals surface area (Å²) in [4.78, 5) is 19.9. The molecule has 0 saturated heterocycles. The van der Waals surface area contributed by atoms with E-state index in [-0.39, 0.29) is 16.9 Å². The predicted molar refractivity (Wildman–Crippen MR) is 104 cm³/mol. The van der Waals surface area contributed by atoms with Crippen LogP contribution >= 0.6 is 0 Å². The Bertz CT molecular complexity index is 1220. The summed E-state index contributed by atoms with van der Waals surface area (Å²) in [6.45, 7) is 1.99. The van der Waals surface area contributed by atoms with Crippen molar-refractivity contribution in [1.29, 1.82) is 0 Å². The standard InChI is InChI=1S/C22H16N2O4/c1-13-4-2-3-5-17(13)21-24-18-11-16(7-9-20(18)28-21)23-12-15-10-14(22(26)27)6-8-19(15)25/h2-12,25H,1H3,(H,26,27)/p-1. The Morgan fingerprint density at radius 1 is 1.14 bits per heavy atom. The molecule has 6 heteroatoms. The molecule has 4 rings (SSSR count). The SMILES string of the molecule is Cc1ccccc1-c1nc2cc(N=Cc3cc(C(=O)O)ccc3[O-])ccc2o1. The lowest BCUT2D eigenvalue weighted by Crippen LogP contribution is -2.01. The molecule has 0 aliphatic rings. The molecular weight excluding hydrogens is 356 g/mol. The predicted octanol–water partition coefficient (Wildman–Crippen LogP) is 4.33. The molecule has 138 valence electrons. The average Bonchev–Trinajstić information content (AvgIpc) is 3.10. The van der Waals surface area contributed by atoms with Gasteiger partial charge in [0, 0.05) is 11.8 Å². The maximum absolute atomic E-state index is 11.9. The fourth-order valence-electron chi connectivity index (χ4n) is 2.85. The van der Waals surface area contributed by atoms with E-state index in [4.69, 9.17) is 9.52 Å². The zero-order valence-corrected chi connectivity index (χ0v) is 14.9. The lowest BCUT2D eigenvalue weighted by Gasteiger charge is -2.09. The lowest BCUT2D eigenvalue weighted by atomic mass is 10.1. The van der Waals surface area contributed by atoms with Gasteiger partial charge in [0.15, 0.2) is 5.58 Å². The van der Waals surface area contributed by atoms with Crippen LogP contribution in [-0.4, -0.2) is 22.3 Å². The van der Waals surface area contributed by atoms with Gasteiger partial charge in [0.05, 0.1) is 11.3 Å². The van der Waals surface area contributed by atoms with Crippen LogP contribution in [0.3, 0.4) is 0 Å². The number of hydrogen-bond acceptors (Lipinski definition) is 5. The summed E-state index contributed by atoms with van der Waals surface area (Å²) in [6.07, 6.45) is 1.36.